The first-order chi connectivity index (χ1) is 13.6. The molecule has 0 bridgehead atoms. The summed E-state index contributed by atoms with van der Waals surface area (Å²) in [5.74, 6) is -1.44. The highest BCUT2D eigenvalue weighted by Crippen LogP contribution is 2.25. The molecule has 0 aliphatic carbocycles. The summed E-state index contributed by atoms with van der Waals surface area (Å²) in [4.78, 5) is 37.2. The van der Waals surface area contributed by atoms with E-state index in [1.807, 2.05) is 6.92 Å². The molecule has 2 aliphatic heterocycles. The van der Waals surface area contributed by atoms with Crippen molar-refractivity contribution in [2.75, 3.05) is 13.1 Å². The van der Waals surface area contributed by atoms with Crippen LogP contribution in [0.25, 0.3) is 0 Å². The zero-order valence-corrected chi connectivity index (χ0v) is 17.6. The number of sulfonamides is 1. The topological polar surface area (TPSA) is 116 Å². The number of benzene rings is 1. The Morgan fingerprint density at radius 2 is 1.79 bits per heavy atom. The second kappa shape index (κ2) is 7.75. The molecule has 1 aromatic carbocycles. The van der Waals surface area contributed by atoms with Crippen LogP contribution in [0.5, 0.6) is 0 Å². The van der Waals surface area contributed by atoms with Crippen molar-refractivity contribution < 1.29 is 22.8 Å². The van der Waals surface area contributed by atoms with Crippen LogP contribution >= 0.6 is 0 Å². The number of nitrogens with one attached hydrogen (secondary N) is 2. The largest absolute Gasteiger partial charge is 0.344 e. The number of hydrogen-bond donors (Lipinski definition) is 2. The van der Waals surface area contributed by atoms with Gasteiger partial charge in [-0.25, -0.2) is 13.2 Å². The van der Waals surface area contributed by atoms with E-state index in [1.54, 1.807) is 38.1 Å². The number of carbonyl (C=O) groups excluding carboxylic acids is 3. The van der Waals surface area contributed by atoms with Crippen LogP contribution in [0.2, 0.25) is 0 Å². The maximum absolute atomic E-state index is 12.8. The summed E-state index contributed by atoms with van der Waals surface area (Å²) in [7, 11) is -3.61. The van der Waals surface area contributed by atoms with Crippen LogP contribution in [0, 0.1) is 12.8 Å². The number of imide groups is 1. The minimum absolute atomic E-state index is 0.196. The summed E-state index contributed by atoms with van der Waals surface area (Å²) in [5.41, 5.74) is 2.33. The first-order valence-corrected chi connectivity index (χ1v) is 11.1. The van der Waals surface area contributed by atoms with E-state index in [0.29, 0.717) is 19.3 Å². The molecule has 29 heavy (non-hydrogen) atoms. The molecule has 0 radical (unpaired) electrons. The van der Waals surface area contributed by atoms with Gasteiger partial charge in [0.15, 0.2) is 0 Å². The number of hydrazine groups is 1. The number of carbonyl (C=O) groups is 3. The third-order valence-electron chi connectivity index (χ3n) is 5.67. The predicted octanol–water partition coefficient (Wildman–Crippen LogP) is 1.15. The van der Waals surface area contributed by atoms with Crippen molar-refractivity contribution in [3.8, 4) is 0 Å². The maximum atomic E-state index is 12.8. The predicted molar refractivity (Wildman–Crippen MR) is 105 cm³/mol. The lowest BCUT2D eigenvalue weighted by Crippen LogP contribution is -2.51. The van der Waals surface area contributed by atoms with Crippen molar-refractivity contribution >= 4 is 27.9 Å². The van der Waals surface area contributed by atoms with Gasteiger partial charge in [-0.05, 0) is 45.2 Å². The first kappa shape index (κ1) is 21.3. The van der Waals surface area contributed by atoms with Crippen molar-refractivity contribution in [1.29, 1.82) is 0 Å². The monoisotopic (exact) mass is 422 g/mol. The van der Waals surface area contributed by atoms with Crippen LogP contribution in [-0.2, 0) is 19.6 Å². The van der Waals surface area contributed by atoms with Crippen molar-refractivity contribution in [2.24, 2.45) is 5.92 Å². The summed E-state index contributed by atoms with van der Waals surface area (Å²) >= 11 is 0. The van der Waals surface area contributed by atoms with Gasteiger partial charge < -0.3 is 5.32 Å². The van der Waals surface area contributed by atoms with Crippen molar-refractivity contribution in [3.63, 3.8) is 0 Å². The third-order valence-corrected chi connectivity index (χ3v) is 7.59. The lowest BCUT2D eigenvalue weighted by molar-refractivity contribution is -0.140. The Labute approximate surface area is 170 Å². The number of amides is 4. The number of urea groups is 1. The molecular formula is C19H26N4O5S. The van der Waals surface area contributed by atoms with E-state index in [-0.39, 0.29) is 18.0 Å². The molecule has 4 amide bonds. The Morgan fingerprint density at radius 3 is 2.31 bits per heavy atom. The molecule has 9 nitrogen and oxygen atoms in total. The quantitative estimate of drug-likeness (QED) is 0.691. The zero-order chi connectivity index (χ0) is 21.4. The fraction of sp³-hybridized carbons (Fsp3) is 0.526. The zero-order valence-electron chi connectivity index (χ0n) is 16.8. The fourth-order valence-electron chi connectivity index (χ4n) is 3.44. The number of piperidine rings is 1. The highest BCUT2D eigenvalue weighted by Gasteiger charge is 2.48. The normalized spacial score (nSPS) is 23.9. The average molecular weight is 423 g/mol. The average Bonchev–Trinajstić information content (AvgIpc) is 2.92. The lowest BCUT2D eigenvalue weighted by Gasteiger charge is -2.31. The highest BCUT2D eigenvalue weighted by atomic mass is 32.2. The molecule has 0 spiro atoms. The number of aryl methyl sites for hydroxylation is 1. The summed E-state index contributed by atoms with van der Waals surface area (Å²) in [6.45, 7) is 5.65. The van der Waals surface area contributed by atoms with Crippen molar-refractivity contribution in [1.82, 2.24) is 20.1 Å². The molecular weight excluding hydrogens is 396 g/mol. The summed E-state index contributed by atoms with van der Waals surface area (Å²) in [6, 6.07) is 5.98. The maximum Gasteiger partial charge on any atom is 0.344 e. The van der Waals surface area contributed by atoms with E-state index < -0.39 is 39.3 Å². The van der Waals surface area contributed by atoms with E-state index in [2.05, 4.69) is 10.7 Å². The molecule has 10 heteroatoms. The van der Waals surface area contributed by atoms with Gasteiger partial charge in [0.25, 0.3) is 5.91 Å². The van der Waals surface area contributed by atoms with Gasteiger partial charge in [-0.1, -0.05) is 24.6 Å². The molecule has 2 N–H and O–H groups in total. The molecule has 3 rings (SSSR count). The molecule has 2 fully saturated rings. The molecule has 0 saturated carbocycles. The smallest absolute Gasteiger partial charge is 0.322 e. The Kier molecular flexibility index (Phi) is 5.68. The Balaban J connectivity index is 1.61. The molecule has 0 unspecified atom stereocenters. The second-order valence-corrected chi connectivity index (χ2v) is 9.66. The van der Waals surface area contributed by atoms with Crippen LogP contribution in [0.1, 0.15) is 38.7 Å². The van der Waals surface area contributed by atoms with Crippen LogP contribution in [-0.4, -0.2) is 54.2 Å². The summed E-state index contributed by atoms with van der Waals surface area (Å²) < 4.78 is 26.9. The van der Waals surface area contributed by atoms with Gasteiger partial charge in [-0.15, -0.1) is 0 Å². The highest BCUT2D eigenvalue weighted by molar-refractivity contribution is 7.89. The molecule has 2 aliphatic rings. The van der Waals surface area contributed by atoms with Gasteiger partial charge in [0.05, 0.1) is 4.90 Å². The van der Waals surface area contributed by atoms with E-state index in [9.17, 15) is 22.8 Å². The molecule has 1 aromatic rings. The number of hydrogen-bond acceptors (Lipinski definition) is 5. The van der Waals surface area contributed by atoms with Gasteiger partial charge >= 0.3 is 6.03 Å². The van der Waals surface area contributed by atoms with Crippen LogP contribution in [0.15, 0.2) is 29.2 Å². The van der Waals surface area contributed by atoms with Crippen LogP contribution < -0.4 is 10.7 Å². The Hall–Kier alpha value is -2.46. The Morgan fingerprint density at radius 1 is 1.21 bits per heavy atom. The third kappa shape index (κ3) is 3.99. The van der Waals surface area contributed by atoms with Gasteiger partial charge in [0.1, 0.15) is 5.54 Å². The van der Waals surface area contributed by atoms with E-state index >= 15 is 0 Å². The van der Waals surface area contributed by atoms with E-state index in [0.717, 1.165) is 10.6 Å². The van der Waals surface area contributed by atoms with Crippen LogP contribution in [0.3, 0.4) is 0 Å². The Bertz CT molecular complexity index is 922. The van der Waals surface area contributed by atoms with Gasteiger partial charge in [-0.2, -0.15) is 9.31 Å². The minimum Gasteiger partial charge on any atom is -0.322 e. The first-order valence-electron chi connectivity index (χ1n) is 9.62. The SMILES string of the molecule is CC[C@@]1(C)NC(=O)N(NC(=O)C2CCN(S(=O)(=O)c3ccc(C)cc3)CC2)C1=O. The molecule has 158 valence electrons. The van der Waals surface area contributed by atoms with E-state index in [1.165, 1.54) is 4.31 Å². The standard InChI is InChI=1S/C19H26N4O5S/c1-4-19(3)17(25)23(18(26)20-19)21-16(24)14-9-11-22(12-10-14)29(27,28)15-7-5-13(2)6-8-15/h5-8,14H,4,9-12H2,1-3H3,(H,20,26)(H,21,24)/t19-/m1/s1. The van der Waals surface area contributed by atoms with Gasteiger partial charge in [-0.3, -0.25) is 15.0 Å². The minimum atomic E-state index is -3.61. The van der Waals surface area contributed by atoms with Gasteiger partial charge in [0.2, 0.25) is 15.9 Å². The molecule has 1 atom stereocenters. The molecule has 0 aromatic heterocycles. The summed E-state index contributed by atoms with van der Waals surface area (Å²) in [6.07, 6.45) is 1.02. The summed E-state index contributed by atoms with van der Waals surface area (Å²) in [5, 5.41) is 3.30. The van der Waals surface area contributed by atoms with Crippen molar-refractivity contribution in [3.05, 3.63) is 29.8 Å². The fourth-order valence-corrected chi connectivity index (χ4v) is 4.91. The van der Waals surface area contributed by atoms with Crippen molar-refractivity contribution in [2.45, 2.75) is 50.5 Å². The number of nitrogens with zero attached hydrogens (tertiary/aromatic N) is 2. The number of rotatable bonds is 5. The lowest BCUT2D eigenvalue weighted by atomic mass is 9.97. The molecule has 2 saturated heterocycles. The molecule has 2 heterocycles. The van der Waals surface area contributed by atoms with Gasteiger partial charge in [0, 0.05) is 19.0 Å². The van der Waals surface area contributed by atoms with Crippen LogP contribution in [0.4, 0.5) is 4.79 Å². The second-order valence-electron chi connectivity index (χ2n) is 7.72. The van der Waals surface area contributed by atoms with E-state index in [4.69, 9.17) is 0 Å².